The summed E-state index contributed by atoms with van der Waals surface area (Å²) in [6, 6.07) is 20.1. The number of carbonyl (C=O) groups is 2. The molecule has 0 aromatic heterocycles. The van der Waals surface area contributed by atoms with Crippen LogP contribution in [0, 0.1) is 0 Å². The summed E-state index contributed by atoms with van der Waals surface area (Å²) in [5, 5.41) is 5.93. The average Bonchev–Trinajstić information content (AvgIpc) is 3.18. The van der Waals surface area contributed by atoms with Crippen LogP contribution in [0.1, 0.15) is 43.2 Å². The Morgan fingerprint density at radius 1 is 0.815 bits per heavy atom. The molecule has 0 heterocycles. The van der Waals surface area contributed by atoms with Gasteiger partial charge in [-0.3, -0.25) is 9.59 Å². The van der Waals surface area contributed by atoms with Gasteiger partial charge in [0.05, 0.1) is 6.42 Å². The summed E-state index contributed by atoms with van der Waals surface area (Å²) < 4.78 is 0. The second-order valence-corrected chi connectivity index (χ2v) is 7.39. The van der Waals surface area contributed by atoms with Crippen molar-refractivity contribution in [2.75, 3.05) is 13.1 Å². The molecular formula is C23H28N2O2. The van der Waals surface area contributed by atoms with E-state index in [1.54, 1.807) is 0 Å². The first kappa shape index (κ1) is 19.2. The number of carbonyl (C=O) groups excluding carboxylic acids is 2. The van der Waals surface area contributed by atoms with Crippen molar-refractivity contribution < 1.29 is 9.59 Å². The van der Waals surface area contributed by atoms with Gasteiger partial charge in [-0.15, -0.1) is 0 Å². The van der Waals surface area contributed by atoms with Crippen LogP contribution in [0.4, 0.5) is 0 Å². The van der Waals surface area contributed by atoms with E-state index in [-0.39, 0.29) is 17.2 Å². The van der Waals surface area contributed by atoms with Gasteiger partial charge in [0, 0.05) is 24.9 Å². The Hall–Kier alpha value is -2.62. The maximum atomic E-state index is 12.3. The van der Waals surface area contributed by atoms with E-state index in [0.29, 0.717) is 25.9 Å². The molecule has 1 saturated carbocycles. The molecule has 0 bridgehead atoms. The van der Waals surface area contributed by atoms with Crippen LogP contribution < -0.4 is 10.6 Å². The van der Waals surface area contributed by atoms with E-state index >= 15 is 0 Å². The predicted molar refractivity (Wildman–Crippen MR) is 107 cm³/mol. The van der Waals surface area contributed by atoms with Crippen molar-refractivity contribution in [3.05, 3.63) is 71.8 Å². The zero-order valence-electron chi connectivity index (χ0n) is 15.7. The minimum absolute atomic E-state index is 0.00258. The molecular weight excluding hydrogens is 336 g/mol. The molecule has 2 N–H and O–H groups in total. The highest BCUT2D eigenvalue weighted by atomic mass is 16.2. The van der Waals surface area contributed by atoms with E-state index in [9.17, 15) is 9.59 Å². The van der Waals surface area contributed by atoms with Crippen LogP contribution in [0.2, 0.25) is 0 Å². The van der Waals surface area contributed by atoms with Gasteiger partial charge in [-0.25, -0.2) is 0 Å². The highest BCUT2D eigenvalue weighted by molar-refractivity contribution is 5.80. The third-order valence-electron chi connectivity index (χ3n) is 5.45. The van der Waals surface area contributed by atoms with Gasteiger partial charge in [0.1, 0.15) is 0 Å². The van der Waals surface area contributed by atoms with Gasteiger partial charge in [0.25, 0.3) is 0 Å². The fourth-order valence-corrected chi connectivity index (χ4v) is 3.93. The molecule has 2 aromatic carbocycles. The summed E-state index contributed by atoms with van der Waals surface area (Å²) in [5.41, 5.74) is 2.36. The lowest BCUT2D eigenvalue weighted by Crippen LogP contribution is -2.40. The minimum Gasteiger partial charge on any atom is -0.355 e. The molecule has 4 nitrogen and oxygen atoms in total. The van der Waals surface area contributed by atoms with Crippen LogP contribution in [-0.2, 0) is 21.4 Å². The van der Waals surface area contributed by atoms with Crippen LogP contribution in [0.5, 0.6) is 0 Å². The number of benzene rings is 2. The van der Waals surface area contributed by atoms with Gasteiger partial charge in [-0.1, -0.05) is 73.5 Å². The number of nitrogens with one attached hydrogen (secondary N) is 2. The van der Waals surface area contributed by atoms with Crippen molar-refractivity contribution in [2.45, 2.75) is 43.9 Å². The number of rotatable bonds is 8. The molecule has 0 saturated heterocycles. The molecule has 2 amide bonds. The van der Waals surface area contributed by atoms with Crippen LogP contribution >= 0.6 is 0 Å². The molecule has 1 fully saturated rings. The van der Waals surface area contributed by atoms with Gasteiger partial charge in [-0.2, -0.15) is 0 Å². The second-order valence-electron chi connectivity index (χ2n) is 7.39. The Morgan fingerprint density at radius 2 is 1.44 bits per heavy atom. The zero-order valence-corrected chi connectivity index (χ0v) is 15.7. The molecule has 0 aliphatic heterocycles. The quantitative estimate of drug-likeness (QED) is 0.755. The van der Waals surface area contributed by atoms with Crippen LogP contribution in [-0.4, -0.2) is 24.9 Å². The predicted octanol–water partition coefficient (Wildman–Crippen LogP) is 3.36. The lowest BCUT2D eigenvalue weighted by molar-refractivity contribution is -0.122. The first-order valence-electron chi connectivity index (χ1n) is 9.81. The SMILES string of the molecule is O=C(CCNC(=O)Cc1ccccc1)NCC1(c2ccccc2)CCCC1. The summed E-state index contributed by atoms with van der Waals surface area (Å²) in [6.07, 6.45) is 5.31. The average molecular weight is 364 g/mol. The van der Waals surface area contributed by atoms with E-state index in [2.05, 4.69) is 34.9 Å². The molecule has 4 heteroatoms. The van der Waals surface area contributed by atoms with Gasteiger partial charge in [0.15, 0.2) is 0 Å². The molecule has 27 heavy (non-hydrogen) atoms. The number of hydrogen-bond donors (Lipinski definition) is 2. The minimum atomic E-state index is -0.0504. The third kappa shape index (κ3) is 5.43. The highest BCUT2D eigenvalue weighted by Crippen LogP contribution is 2.40. The monoisotopic (exact) mass is 364 g/mol. The topological polar surface area (TPSA) is 58.2 Å². The zero-order chi connectivity index (χ0) is 19.0. The summed E-state index contributed by atoms with van der Waals surface area (Å²) in [7, 11) is 0. The molecule has 0 spiro atoms. The third-order valence-corrected chi connectivity index (χ3v) is 5.45. The molecule has 1 aliphatic carbocycles. The van der Waals surface area contributed by atoms with Crippen molar-refractivity contribution in [3.63, 3.8) is 0 Å². The lowest BCUT2D eigenvalue weighted by Gasteiger charge is -2.30. The van der Waals surface area contributed by atoms with Crippen LogP contribution in [0.25, 0.3) is 0 Å². The molecule has 0 radical (unpaired) electrons. The van der Waals surface area contributed by atoms with Crippen molar-refractivity contribution >= 4 is 11.8 Å². The van der Waals surface area contributed by atoms with E-state index < -0.39 is 0 Å². The van der Waals surface area contributed by atoms with Crippen molar-refractivity contribution in [3.8, 4) is 0 Å². The highest BCUT2D eigenvalue weighted by Gasteiger charge is 2.35. The van der Waals surface area contributed by atoms with E-state index in [1.807, 2.05) is 36.4 Å². The summed E-state index contributed by atoms with van der Waals surface area (Å²) in [5.74, 6) is -0.0530. The molecule has 3 rings (SSSR count). The molecule has 0 atom stereocenters. The standard InChI is InChI=1S/C23H28N2O2/c26-21(13-16-24-22(27)17-19-9-3-1-4-10-19)25-18-23(14-7-8-15-23)20-11-5-2-6-12-20/h1-6,9-12H,7-8,13-18H2,(H,24,27)(H,25,26). The van der Waals surface area contributed by atoms with Crippen molar-refractivity contribution in [1.82, 2.24) is 10.6 Å². The Morgan fingerprint density at radius 3 is 2.11 bits per heavy atom. The lowest BCUT2D eigenvalue weighted by atomic mass is 9.79. The van der Waals surface area contributed by atoms with Gasteiger partial charge < -0.3 is 10.6 Å². The summed E-state index contributed by atoms with van der Waals surface area (Å²) >= 11 is 0. The first-order chi connectivity index (χ1) is 13.2. The van der Waals surface area contributed by atoms with Crippen molar-refractivity contribution in [2.24, 2.45) is 0 Å². The normalized spacial score (nSPS) is 15.3. The Balaban J connectivity index is 1.42. The number of hydrogen-bond acceptors (Lipinski definition) is 2. The Kier molecular flexibility index (Phi) is 6.64. The maximum Gasteiger partial charge on any atom is 0.224 e. The Bertz CT molecular complexity index is 737. The van der Waals surface area contributed by atoms with E-state index in [0.717, 1.165) is 18.4 Å². The summed E-state index contributed by atoms with van der Waals surface area (Å²) in [4.78, 5) is 24.2. The fourth-order valence-electron chi connectivity index (χ4n) is 3.93. The van der Waals surface area contributed by atoms with E-state index in [1.165, 1.54) is 18.4 Å². The fraction of sp³-hybridized carbons (Fsp3) is 0.391. The molecule has 0 unspecified atom stereocenters. The van der Waals surface area contributed by atoms with Crippen molar-refractivity contribution in [1.29, 1.82) is 0 Å². The van der Waals surface area contributed by atoms with Gasteiger partial charge in [-0.05, 0) is 24.0 Å². The van der Waals surface area contributed by atoms with Gasteiger partial charge in [0.2, 0.25) is 11.8 Å². The van der Waals surface area contributed by atoms with Crippen LogP contribution in [0.3, 0.4) is 0 Å². The molecule has 1 aliphatic rings. The maximum absolute atomic E-state index is 12.3. The summed E-state index contributed by atoms with van der Waals surface area (Å²) in [6.45, 7) is 1.05. The molecule has 142 valence electrons. The second kappa shape index (κ2) is 9.36. The Labute approximate surface area is 161 Å². The molecule has 2 aromatic rings. The first-order valence-corrected chi connectivity index (χ1v) is 9.81. The van der Waals surface area contributed by atoms with E-state index in [4.69, 9.17) is 0 Å². The van der Waals surface area contributed by atoms with Gasteiger partial charge >= 0.3 is 0 Å². The largest absolute Gasteiger partial charge is 0.355 e. The van der Waals surface area contributed by atoms with Crippen LogP contribution in [0.15, 0.2) is 60.7 Å². The number of amides is 2. The smallest absolute Gasteiger partial charge is 0.224 e.